The predicted molar refractivity (Wildman–Crippen MR) is 146 cm³/mol. The number of benzene rings is 3. The minimum Gasteiger partial charge on any atom is -0.480 e. The van der Waals surface area contributed by atoms with Crippen molar-refractivity contribution in [3.63, 3.8) is 0 Å². The van der Waals surface area contributed by atoms with Crippen molar-refractivity contribution in [2.75, 3.05) is 13.2 Å². The second-order valence-electron chi connectivity index (χ2n) is 9.85. The minimum atomic E-state index is -1.11. The van der Waals surface area contributed by atoms with Gasteiger partial charge in [0.05, 0.1) is 0 Å². The molecule has 0 aromatic heterocycles. The first kappa shape index (κ1) is 26.9. The van der Waals surface area contributed by atoms with Crippen LogP contribution in [0.2, 0.25) is 0 Å². The van der Waals surface area contributed by atoms with E-state index in [2.05, 4.69) is 17.4 Å². The number of hydrogen-bond donors (Lipinski definition) is 2. The first-order valence-electron chi connectivity index (χ1n) is 13.0. The Morgan fingerprint density at radius 2 is 1.50 bits per heavy atom. The molecule has 3 aromatic rings. The highest BCUT2D eigenvalue weighted by molar-refractivity contribution is 5.88. The second-order valence-corrected chi connectivity index (χ2v) is 9.85. The number of nitrogens with one attached hydrogen (secondary N) is 1. The lowest BCUT2D eigenvalue weighted by molar-refractivity contribution is -0.146. The summed E-state index contributed by atoms with van der Waals surface area (Å²) in [5.74, 6) is -1.51. The normalized spacial score (nSPS) is 13.6. The molecule has 4 rings (SSSR count). The molecule has 0 heterocycles. The molecule has 3 aromatic carbocycles. The van der Waals surface area contributed by atoms with Gasteiger partial charge in [0.2, 0.25) is 5.91 Å². The van der Waals surface area contributed by atoms with E-state index in [4.69, 9.17) is 4.74 Å². The molecule has 2 atom stereocenters. The molecule has 0 aliphatic heterocycles. The molecule has 7 nitrogen and oxygen atoms in total. The summed E-state index contributed by atoms with van der Waals surface area (Å²) in [6.45, 7) is 3.82. The van der Waals surface area contributed by atoms with E-state index in [-0.39, 0.29) is 25.0 Å². The maximum Gasteiger partial charge on any atom is 0.407 e. The van der Waals surface area contributed by atoms with Gasteiger partial charge in [-0.05, 0) is 40.2 Å². The number of ether oxygens (including phenoxy) is 1. The summed E-state index contributed by atoms with van der Waals surface area (Å²) in [5.41, 5.74) is 5.28. The summed E-state index contributed by atoms with van der Waals surface area (Å²) in [6.07, 6.45) is 0.501. The van der Waals surface area contributed by atoms with E-state index < -0.39 is 30.6 Å². The maximum absolute atomic E-state index is 13.6. The average molecular weight is 515 g/mol. The number of hydrogen-bond acceptors (Lipinski definition) is 4. The van der Waals surface area contributed by atoms with Gasteiger partial charge < -0.3 is 20.1 Å². The van der Waals surface area contributed by atoms with Crippen LogP contribution in [0, 0.1) is 5.92 Å². The number of carbonyl (C=O) groups excluding carboxylic acids is 2. The first-order chi connectivity index (χ1) is 18.4. The van der Waals surface area contributed by atoms with Crippen molar-refractivity contribution < 1.29 is 24.2 Å². The number of carbonyl (C=O) groups is 3. The van der Waals surface area contributed by atoms with Gasteiger partial charge >= 0.3 is 12.1 Å². The van der Waals surface area contributed by atoms with Gasteiger partial charge in [0.1, 0.15) is 19.2 Å². The van der Waals surface area contributed by atoms with Gasteiger partial charge in [-0.1, -0.05) is 99.1 Å². The van der Waals surface area contributed by atoms with E-state index in [1.165, 1.54) is 4.90 Å². The van der Waals surface area contributed by atoms with Crippen molar-refractivity contribution in [2.24, 2.45) is 5.92 Å². The van der Waals surface area contributed by atoms with E-state index in [0.29, 0.717) is 6.42 Å². The van der Waals surface area contributed by atoms with Gasteiger partial charge in [0.25, 0.3) is 0 Å². The van der Waals surface area contributed by atoms with Gasteiger partial charge in [-0.3, -0.25) is 9.59 Å². The highest BCUT2D eigenvalue weighted by Crippen LogP contribution is 2.44. The van der Waals surface area contributed by atoms with E-state index in [1.807, 2.05) is 80.6 Å². The summed E-state index contributed by atoms with van der Waals surface area (Å²) in [5, 5.41) is 12.2. The molecule has 0 spiro atoms. The number of aliphatic carboxylic acids is 1. The predicted octanol–water partition coefficient (Wildman–Crippen LogP) is 5.44. The summed E-state index contributed by atoms with van der Waals surface area (Å²) < 4.78 is 5.68. The smallest absolute Gasteiger partial charge is 0.407 e. The topological polar surface area (TPSA) is 95.9 Å². The van der Waals surface area contributed by atoms with Crippen LogP contribution >= 0.6 is 0 Å². The number of carboxylic acid groups (broad SMARTS) is 1. The highest BCUT2D eigenvalue weighted by Gasteiger charge is 2.31. The Kier molecular flexibility index (Phi) is 8.79. The molecule has 198 valence electrons. The first-order valence-corrected chi connectivity index (χ1v) is 13.0. The molecule has 7 heteroatoms. The van der Waals surface area contributed by atoms with Crippen LogP contribution in [0.1, 0.15) is 49.3 Å². The molecule has 2 amide bonds. The SMILES string of the molecule is CCC(C)CC(NC(=O)OCC1c2ccccc2-c2ccccc21)C(=O)N(CC(=O)O)Cc1ccccc1. The molecule has 0 fully saturated rings. The van der Waals surface area contributed by atoms with Crippen molar-refractivity contribution in [1.82, 2.24) is 10.2 Å². The molecule has 0 bridgehead atoms. The average Bonchev–Trinajstić information content (AvgIpc) is 3.24. The van der Waals surface area contributed by atoms with Gasteiger partial charge in [-0.25, -0.2) is 4.79 Å². The van der Waals surface area contributed by atoms with Crippen molar-refractivity contribution >= 4 is 18.0 Å². The third kappa shape index (κ3) is 6.40. The Morgan fingerprint density at radius 3 is 2.08 bits per heavy atom. The van der Waals surface area contributed by atoms with Gasteiger partial charge in [0, 0.05) is 12.5 Å². The van der Waals surface area contributed by atoms with Crippen LogP contribution in [0.3, 0.4) is 0 Å². The molecule has 2 unspecified atom stereocenters. The van der Waals surface area contributed by atoms with Crippen molar-refractivity contribution in [3.8, 4) is 11.1 Å². The Balaban J connectivity index is 1.48. The minimum absolute atomic E-state index is 0.0987. The monoisotopic (exact) mass is 514 g/mol. The molecule has 1 aliphatic carbocycles. The van der Waals surface area contributed by atoms with Gasteiger partial charge in [-0.15, -0.1) is 0 Å². The van der Waals surface area contributed by atoms with E-state index >= 15 is 0 Å². The zero-order valence-corrected chi connectivity index (χ0v) is 21.8. The van der Waals surface area contributed by atoms with Crippen LogP contribution < -0.4 is 5.32 Å². The maximum atomic E-state index is 13.6. The summed E-state index contributed by atoms with van der Waals surface area (Å²) in [7, 11) is 0. The fourth-order valence-corrected chi connectivity index (χ4v) is 4.97. The molecular formula is C31H34N2O5. The Hall–Kier alpha value is -4.13. The van der Waals surface area contributed by atoms with Crippen molar-refractivity contribution in [1.29, 1.82) is 0 Å². The largest absolute Gasteiger partial charge is 0.480 e. The van der Waals surface area contributed by atoms with Gasteiger partial charge in [-0.2, -0.15) is 0 Å². The van der Waals surface area contributed by atoms with Gasteiger partial charge in [0.15, 0.2) is 0 Å². The zero-order valence-electron chi connectivity index (χ0n) is 21.8. The third-order valence-corrected chi connectivity index (χ3v) is 7.12. The number of amides is 2. The highest BCUT2D eigenvalue weighted by atomic mass is 16.5. The lowest BCUT2D eigenvalue weighted by Crippen LogP contribution is -2.50. The fraction of sp³-hybridized carbons (Fsp3) is 0.323. The molecule has 0 saturated carbocycles. The standard InChI is InChI=1S/C31H34N2O5/c1-3-21(2)17-28(30(36)33(19-29(34)35)18-22-11-5-4-6-12-22)32-31(37)38-20-27-25-15-9-7-13-23(25)24-14-8-10-16-26(24)27/h4-16,21,27-28H,3,17-20H2,1-2H3,(H,32,37)(H,34,35). The molecule has 0 radical (unpaired) electrons. The number of fused-ring (bicyclic) bond motifs is 3. The lowest BCUT2D eigenvalue weighted by Gasteiger charge is -2.28. The second kappa shape index (κ2) is 12.4. The van der Waals surface area contributed by atoms with Crippen LogP contribution in [-0.4, -0.2) is 47.2 Å². The molecule has 2 N–H and O–H groups in total. The number of alkyl carbamates (subject to hydrolysis) is 1. The summed E-state index contributed by atoms with van der Waals surface area (Å²) >= 11 is 0. The summed E-state index contributed by atoms with van der Waals surface area (Å²) in [4.78, 5) is 39.4. The number of rotatable bonds is 11. The van der Waals surface area contributed by atoms with Crippen LogP contribution in [-0.2, 0) is 20.9 Å². The van der Waals surface area contributed by atoms with E-state index in [1.54, 1.807) is 0 Å². The summed E-state index contributed by atoms with van der Waals surface area (Å²) in [6, 6.07) is 24.5. The number of nitrogens with zero attached hydrogens (tertiary/aromatic N) is 1. The van der Waals surface area contributed by atoms with Crippen LogP contribution in [0.4, 0.5) is 4.79 Å². The lowest BCUT2D eigenvalue weighted by atomic mass is 9.98. The fourth-order valence-electron chi connectivity index (χ4n) is 4.97. The number of carboxylic acids is 1. The van der Waals surface area contributed by atoms with Crippen molar-refractivity contribution in [2.45, 2.75) is 45.2 Å². The molecule has 1 aliphatic rings. The Bertz CT molecular complexity index is 1230. The molecular weight excluding hydrogens is 480 g/mol. The molecule has 0 saturated heterocycles. The Morgan fingerprint density at radius 1 is 0.921 bits per heavy atom. The van der Waals surface area contributed by atoms with E-state index in [0.717, 1.165) is 34.2 Å². The van der Waals surface area contributed by atoms with Crippen LogP contribution in [0.25, 0.3) is 11.1 Å². The van der Waals surface area contributed by atoms with E-state index in [9.17, 15) is 19.5 Å². The Labute approximate surface area is 223 Å². The quantitative estimate of drug-likeness (QED) is 0.355. The van der Waals surface area contributed by atoms with Crippen LogP contribution in [0.15, 0.2) is 78.9 Å². The third-order valence-electron chi connectivity index (χ3n) is 7.12. The zero-order chi connectivity index (χ0) is 27.1. The molecule has 38 heavy (non-hydrogen) atoms. The van der Waals surface area contributed by atoms with Crippen LogP contribution in [0.5, 0.6) is 0 Å². The van der Waals surface area contributed by atoms with Crippen molar-refractivity contribution in [3.05, 3.63) is 95.6 Å².